The Hall–Kier alpha value is -2.82. The molecule has 25 heavy (non-hydrogen) atoms. The summed E-state index contributed by atoms with van der Waals surface area (Å²) in [5.41, 5.74) is 1.91. The molecule has 128 valence electrons. The van der Waals surface area contributed by atoms with Crippen molar-refractivity contribution in [2.75, 3.05) is 43.1 Å². The van der Waals surface area contributed by atoms with Crippen LogP contribution in [-0.2, 0) is 0 Å². The molecule has 1 aliphatic rings. The van der Waals surface area contributed by atoms with Crippen LogP contribution in [0.15, 0.2) is 54.6 Å². The first-order valence-corrected chi connectivity index (χ1v) is 8.44. The average molecular weight is 337 g/mol. The van der Waals surface area contributed by atoms with E-state index in [0.717, 1.165) is 48.6 Å². The minimum absolute atomic E-state index is 0.280. The molecular formula is C20H20FN3O. The van der Waals surface area contributed by atoms with E-state index < -0.39 is 0 Å². The van der Waals surface area contributed by atoms with E-state index in [1.807, 2.05) is 24.3 Å². The second kappa shape index (κ2) is 6.59. The van der Waals surface area contributed by atoms with E-state index in [9.17, 15) is 4.39 Å². The molecule has 1 saturated heterocycles. The number of aromatic nitrogens is 1. The smallest absolute Gasteiger partial charge is 0.167 e. The Morgan fingerprint density at radius 2 is 1.68 bits per heavy atom. The van der Waals surface area contributed by atoms with Crippen LogP contribution in [-0.4, -0.2) is 38.3 Å². The monoisotopic (exact) mass is 337 g/mol. The van der Waals surface area contributed by atoms with Gasteiger partial charge in [0.25, 0.3) is 0 Å². The maximum absolute atomic E-state index is 13.9. The summed E-state index contributed by atoms with van der Waals surface area (Å²) in [6.45, 7) is 3.39. The first-order chi connectivity index (χ1) is 12.2. The number of benzene rings is 2. The summed E-state index contributed by atoms with van der Waals surface area (Å²) in [7, 11) is 1.48. The van der Waals surface area contributed by atoms with E-state index in [1.54, 1.807) is 12.1 Å². The van der Waals surface area contributed by atoms with Crippen molar-refractivity contribution in [3.8, 4) is 5.75 Å². The van der Waals surface area contributed by atoms with Gasteiger partial charge in [-0.3, -0.25) is 0 Å². The van der Waals surface area contributed by atoms with Crippen molar-refractivity contribution in [3.63, 3.8) is 0 Å². The zero-order valence-corrected chi connectivity index (χ0v) is 14.2. The number of hydrogen-bond acceptors (Lipinski definition) is 4. The Morgan fingerprint density at radius 1 is 0.920 bits per heavy atom. The third kappa shape index (κ3) is 3.09. The van der Waals surface area contributed by atoms with Gasteiger partial charge in [-0.1, -0.05) is 18.2 Å². The van der Waals surface area contributed by atoms with E-state index in [1.165, 1.54) is 7.11 Å². The minimum Gasteiger partial charge on any atom is -0.494 e. The van der Waals surface area contributed by atoms with Crippen molar-refractivity contribution in [2.45, 2.75) is 0 Å². The third-order valence-electron chi connectivity index (χ3n) is 4.69. The molecule has 0 N–H and O–H groups in total. The molecule has 3 aromatic rings. The second-order valence-corrected chi connectivity index (χ2v) is 6.16. The molecule has 0 unspecified atom stereocenters. The summed E-state index contributed by atoms with van der Waals surface area (Å²) in [4.78, 5) is 9.24. The van der Waals surface area contributed by atoms with E-state index in [-0.39, 0.29) is 11.6 Å². The number of anilines is 2. The number of methoxy groups -OCH3 is 1. The maximum atomic E-state index is 13.9. The summed E-state index contributed by atoms with van der Waals surface area (Å²) in [5.74, 6) is 0.959. The van der Waals surface area contributed by atoms with Gasteiger partial charge in [-0.15, -0.1) is 0 Å². The quantitative estimate of drug-likeness (QED) is 0.728. The van der Waals surface area contributed by atoms with E-state index in [0.29, 0.717) is 0 Å². The Bertz CT molecular complexity index is 891. The lowest BCUT2D eigenvalue weighted by atomic mass is 10.2. The summed E-state index contributed by atoms with van der Waals surface area (Å²) in [5, 5.41) is 1.15. The number of nitrogens with zero attached hydrogens (tertiary/aromatic N) is 3. The highest BCUT2D eigenvalue weighted by Crippen LogP contribution is 2.25. The van der Waals surface area contributed by atoms with Gasteiger partial charge in [0.1, 0.15) is 5.82 Å². The van der Waals surface area contributed by atoms with Gasteiger partial charge in [-0.2, -0.15) is 0 Å². The molecule has 1 aromatic heterocycles. The van der Waals surface area contributed by atoms with Gasteiger partial charge >= 0.3 is 0 Å². The summed E-state index contributed by atoms with van der Waals surface area (Å²) in [6, 6.07) is 17.5. The van der Waals surface area contributed by atoms with Gasteiger partial charge in [-0.05, 0) is 30.3 Å². The molecule has 0 saturated carbocycles. The summed E-state index contributed by atoms with van der Waals surface area (Å²) < 4.78 is 18.9. The number of halogens is 1. The zero-order chi connectivity index (χ0) is 17.2. The number of rotatable bonds is 3. The molecule has 0 radical (unpaired) electrons. The van der Waals surface area contributed by atoms with Crippen LogP contribution in [0, 0.1) is 5.82 Å². The standard InChI is InChI=1S/C20H20FN3O/c1-25-19-8-7-16(14-17(19)21)23-10-12-24(13-11-23)20-9-6-15-4-2-3-5-18(15)22-20/h2-9,14H,10-13H2,1H3. The Morgan fingerprint density at radius 3 is 2.44 bits per heavy atom. The first-order valence-electron chi connectivity index (χ1n) is 8.44. The van der Waals surface area contributed by atoms with Crippen LogP contribution in [0.25, 0.3) is 10.9 Å². The molecule has 5 heteroatoms. The van der Waals surface area contributed by atoms with Crippen molar-refractivity contribution in [1.82, 2.24) is 4.98 Å². The Labute approximate surface area is 146 Å². The zero-order valence-electron chi connectivity index (χ0n) is 14.2. The predicted octanol–water partition coefficient (Wildman–Crippen LogP) is 3.71. The number of pyridine rings is 1. The van der Waals surface area contributed by atoms with Gasteiger partial charge in [0, 0.05) is 43.3 Å². The second-order valence-electron chi connectivity index (χ2n) is 6.16. The van der Waals surface area contributed by atoms with Crippen molar-refractivity contribution >= 4 is 22.4 Å². The lowest BCUT2D eigenvalue weighted by Gasteiger charge is -2.36. The van der Waals surface area contributed by atoms with Crippen LogP contribution in [0.1, 0.15) is 0 Å². The Balaban J connectivity index is 1.48. The SMILES string of the molecule is COc1ccc(N2CCN(c3ccc4ccccc4n3)CC2)cc1F. The average Bonchev–Trinajstić information content (AvgIpc) is 2.67. The van der Waals surface area contributed by atoms with Gasteiger partial charge in [0.2, 0.25) is 0 Å². The molecule has 2 aromatic carbocycles. The normalized spacial score (nSPS) is 14.8. The highest BCUT2D eigenvalue weighted by atomic mass is 19.1. The molecule has 1 aliphatic heterocycles. The van der Waals surface area contributed by atoms with Crippen LogP contribution in [0.5, 0.6) is 5.75 Å². The number of hydrogen-bond donors (Lipinski definition) is 0. The number of piperazine rings is 1. The van der Waals surface area contributed by atoms with Crippen LogP contribution in [0.3, 0.4) is 0 Å². The fraction of sp³-hybridized carbons (Fsp3) is 0.250. The Kier molecular flexibility index (Phi) is 4.14. The molecule has 0 atom stereocenters. The molecular weight excluding hydrogens is 317 g/mol. The molecule has 2 heterocycles. The largest absolute Gasteiger partial charge is 0.494 e. The fourth-order valence-electron chi connectivity index (χ4n) is 3.28. The summed E-state index contributed by atoms with van der Waals surface area (Å²) >= 11 is 0. The minimum atomic E-state index is -0.321. The van der Waals surface area contributed by atoms with Gasteiger partial charge in [-0.25, -0.2) is 9.37 Å². The van der Waals surface area contributed by atoms with Gasteiger partial charge in [0.15, 0.2) is 11.6 Å². The van der Waals surface area contributed by atoms with E-state index in [2.05, 4.69) is 28.0 Å². The van der Waals surface area contributed by atoms with Crippen molar-refractivity contribution in [2.24, 2.45) is 0 Å². The predicted molar refractivity (Wildman–Crippen MR) is 99.1 cm³/mol. The molecule has 4 nitrogen and oxygen atoms in total. The summed E-state index contributed by atoms with van der Waals surface area (Å²) in [6.07, 6.45) is 0. The van der Waals surface area contributed by atoms with Crippen LogP contribution < -0.4 is 14.5 Å². The van der Waals surface area contributed by atoms with Crippen molar-refractivity contribution in [1.29, 1.82) is 0 Å². The molecule has 0 aliphatic carbocycles. The number of ether oxygens (including phenoxy) is 1. The van der Waals surface area contributed by atoms with Crippen molar-refractivity contribution in [3.05, 3.63) is 60.4 Å². The van der Waals surface area contributed by atoms with Gasteiger partial charge < -0.3 is 14.5 Å². The molecule has 0 bridgehead atoms. The number of para-hydroxylation sites is 1. The fourth-order valence-corrected chi connectivity index (χ4v) is 3.28. The van der Waals surface area contributed by atoms with E-state index >= 15 is 0 Å². The molecule has 4 rings (SSSR count). The number of fused-ring (bicyclic) bond motifs is 1. The lowest BCUT2D eigenvalue weighted by molar-refractivity contribution is 0.386. The molecule has 0 amide bonds. The third-order valence-corrected chi connectivity index (χ3v) is 4.69. The highest BCUT2D eigenvalue weighted by molar-refractivity contribution is 5.80. The lowest BCUT2D eigenvalue weighted by Crippen LogP contribution is -2.46. The molecule has 1 fully saturated rings. The van der Waals surface area contributed by atoms with E-state index in [4.69, 9.17) is 9.72 Å². The highest BCUT2D eigenvalue weighted by Gasteiger charge is 2.19. The topological polar surface area (TPSA) is 28.6 Å². The first kappa shape index (κ1) is 15.7. The van der Waals surface area contributed by atoms with Crippen LogP contribution in [0.2, 0.25) is 0 Å². The molecule has 0 spiro atoms. The maximum Gasteiger partial charge on any atom is 0.167 e. The van der Waals surface area contributed by atoms with Crippen LogP contribution >= 0.6 is 0 Å². The van der Waals surface area contributed by atoms with Crippen LogP contribution in [0.4, 0.5) is 15.9 Å². The van der Waals surface area contributed by atoms with Gasteiger partial charge in [0.05, 0.1) is 12.6 Å². The van der Waals surface area contributed by atoms with Crippen molar-refractivity contribution < 1.29 is 9.13 Å².